The molecule has 1 aliphatic rings. The molecule has 0 spiro atoms. The number of ether oxygens (including phenoxy) is 1. The molecule has 1 aromatic rings. The van der Waals surface area contributed by atoms with Gasteiger partial charge in [-0.05, 0) is 30.2 Å². The molecule has 1 saturated carbocycles. The highest BCUT2D eigenvalue weighted by Gasteiger charge is 2.37. The first-order chi connectivity index (χ1) is 10.2. The minimum absolute atomic E-state index is 0. The Morgan fingerprint density at radius 1 is 1.36 bits per heavy atom. The zero-order chi connectivity index (χ0) is 15.1. The molecular weight excluding hydrogens is 300 g/mol. The van der Waals surface area contributed by atoms with Gasteiger partial charge in [-0.1, -0.05) is 36.8 Å². The lowest BCUT2D eigenvalue weighted by Gasteiger charge is -2.42. The summed E-state index contributed by atoms with van der Waals surface area (Å²) in [5, 5.41) is 3.07. The van der Waals surface area contributed by atoms with E-state index in [4.69, 9.17) is 10.5 Å². The van der Waals surface area contributed by atoms with Crippen molar-refractivity contribution in [3.8, 4) is 0 Å². The molecule has 5 heteroatoms. The highest BCUT2D eigenvalue weighted by atomic mass is 35.5. The lowest BCUT2D eigenvalue weighted by molar-refractivity contribution is -0.124. The Morgan fingerprint density at radius 2 is 2.05 bits per heavy atom. The van der Waals surface area contributed by atoms with Gasteiger partial charge in [0.2, 0.25) is 5.91 Å². The molecule has 1 aromatic carbocycles. The molecule has 2 rings (SSSR count). The predicted molar refractivity (Wildman–Crippen MR) is 91.2 cm³/mol. The fourth-order valence-corrected chi connectivity index (χ4v) is 2.95. The van der Waals surface area contributed by atoms with Gasteiger partial charge in [-0.2, -0.15) is 0 Å². The van der Waals surface area contributed by atoms with Gasteiger partial charge in [0, 0.05) is 20.2 Å². The van der Waals surface area contributed by atoms with Crippen LogP contribution in [0.2, 0.25) is 0 Å². The maximum Gasteiger partial charge on any atom is 0.222 e. The molecule has 0 aliphatic heterocycles. The number of hydrogen-bond donors (Lipinski definition) is 2. The van der Waals surface area contributed by atoms with E-state index in [2.05, 4.69) is 29.6 Å². The SMILES string of the molecule is COC(CN)CC(=O)NCC1(Cc2ccccc2)CCC1.Cl. The highest BCUT2D eigenvalue weighted by molar-refractivity contribution is 5.85. The van der Waals surface area contributed by atoms with Gasteiger partial charge < -0.3 is 15.8 Å². The Balaban J connectivity index is 0.00000242. The average molecular weight is 327 g/mol. The van der Waals surface area contributed by atoms with E-state index in [1.165, 1.54) is 24.8 Å². The van der Waals surface area contributed by atoms with Gasteiger partial charge in [0.15, 0.2) is 0 Å². The van der Waals surface area contributed by atoms with E-state index >= 15 is 0 Å². The van der Waals surface area contributed by atoms with E-state index in [1.54, 1.807) is 7.11 Å². The summed E-state index contributed by atoms with van der Waals surface area (Å²) in [7, 11) is 1.59. The van der Waals surface area contributed by atoms with Crippen LogP contribution in [0.3, 0.4) is 0 Å². The summed E-state index contributed by atoms with van der Waals surface area (Å²) in [4.78, 5) is 12.0. The van der Waals surface area contributed by atoms with Crippen LogP contribution in [0.1, 0.15) is 31.2 Å². The van der Waals surface area contributed by atoms with Gasteiger partial charge in [0.05, 0.1) is 12.5 Å². The van der Waals surface area contributed by atoms with Crippen molar-refractivity contribution >= 4 is 18.3 Å². The summed E-state index contributed by atoms with van der Waals surface area (Å²) in [5.41, 5.74) is 7.14. The van der Waals surface area contributed by atoms with Crippen LogP contribution in [0.5, 0.6) is 0 Å². The number of methoxy groups -OCH3 is 1. The molecule has 1 unspecified atom stereocenters. The van der Waals surface area contributed by atoms with Gasteiger partial charge in [-0.25, -0.2) is 0 Å². The monoisotopic (exact) mass is 326 g/mol. The zero-order valence-corrected chi connectivity index (χ0v) is 14.0. The summed E-state index contributed by atoms with van der Waals surface area (Å²) >= 11 is 0. The third-order valence-corrected chi connectivity index (χ3v) is 4.51. The molecule has 0 saturated heterocycles. The van der Waals surface area contributed by atoms with Crippen LogP contribution in [0.4, 0.5) is 0 Å². The Bertz CT molecular complexity index is 445. The predicted octanol–water partition coefficient (Wildman–Crippen LogP) is 2.30. The maximum absolute atomic E-state index is 12.0. The second-order valence-corrected chi connectivity index (χ2v) is 6.09. The molecule has 3 N–H and O–H groups in total. The first-order valence-corrected chi connectivity index (χ1v) is 7.71. The zero-order valence-electron chi connectivity index (χ0n) is 13.2. The van der Waals surface area contributed by atoms with Crippen LogP contribution < -0.4 is 11.1 Å². The van der Waals surface area contributed by atoms with E-state index in [0.717, 1.165) is 13.0 Å². The molecule has 124 valence electrons. The first kappa shape index (κ1) is 18.9. The van der Waals surface area contributed by atoms with Crippen molar-refractivity contribution in [2.45, 2.75) is 38.2 Å². The minimum Gasteiger partial charge on any atom is -0.380 e. The van der Waals surface area contributed by atoms with Gasteiger partial charge in [-0.3, -0.25) is 4.79 Å². The van der Waals surface area contributed by atoms with Crippen LogP contribution in [0, 0.1) is 5.41 Å². The molecule has 22 heavy (non-hydrogen) atoms. The number of rotatable bonds is 8. The Hall–Kier alpha value is -1.10. The normalized spacial score (nSPS) is 17.0. The van der Waals surface area contributed by atoms with Crippen molar-refractivity contribution < 1.29 is 9.53 Å². The topological polar surface area (TPSA) is 64.3 Å². The molecule has 1 atom stereocenters. The van der Waals surface area contributed by atoms with Gasteiger partial charge in [-0.15, -0.1) is 12.4 Å². The maximum atomic E-state index is 12.0. The van der Waals surface area contributed by atoms with E-state index < -0.39 is 0 Å². The average Bonchev–Trinajstić information content (AvgIpc) is 2.48. The summed E-state index contributed by atoms with van der Waals surface area (Å²) in [6.07, 6.45) is 4.83. The number of benzene rings is 1. The summed E-state index contributed by atoms with van der Waals surface area (Å²) in [6.45, 7) is 1.13. The summed E-state index contributed by atoms with van der Waals surface area (Å²) in [6, 6.07) is 10.5. The summed E-state index contributed by atoms with van der Waals surface area (Å²) in [5.74, 6) is 0.0339. The smallest absolute Gasteiger partial charge is 0.222 e. The van der Waals surface area contributed by atoms with Crippen molar-refractivity contribution in [1.82, 2.24) is 5.32 Å². The van der Waals surface area contributed by atoms with Crippen molar-refractivity contribution in [2.24, 2.45) is 11.1 Å². The fourth-order valence-electron chi connectivity index (χ4n) is 2.95. The number of nitrogens with one attached hydrogen (secondary N) is 1. The third kappa shape index (κ3) is 5.27. The van der Waals surface area contributed by atoms with E-state index in [1.807, 2.05) is 6.07 Å². The minimum atomic E-state index is -0.184. The molecule has 1 fully saturated rings. The van der Waals surface area contributed by atoms with E-state index in [0.29, 0.717) is 13.0 Å². The van der Waals surface area contributed by atoms with Crippen LogP contribution >= 0.6 is 12.4 Å². The largest absolute Gasteiger partial charge is 0.380 e. The van der Waals surface area contributed by atoms with Crippen molar-refractivity contribution in [2.75, 3.05) is 20.2 Å². The second-order valence-electron chi connectivity index (χ2n) is 6.09. The highest BCUT2D eigenvalue weighted by Crippen LogP contribution is 2.43. The van der Waals surface area contributed by atoms with Crippen LogP contribution in [0.25, 0.3) is 0 Å². The van der Waals surface area contributed by atoms with E-state index in [-0.39, 0.29) is 29.8 Å². The second kappa shape index (κ2) is 9.13. The van der Waals surface area contributed by atoms with Gasteiger partial charge >= 0.3 is 0 Å². The quantitative estimate of drug-likeness (QED) is 0.770. The first-order valence-electron chi connectivity index (χ1n) is 7.71. The Morgan fingerprint density at radius 3 is 2.55 bits per heavy atom. The van der Waals surface area contributed by atoms with E-state index in [9.17, 15) is 4.79 Å². The van der Waals surface area contributed by atoms with Crippen LogP contribution in [-0.4, -0.2) is 32.2 Å². The number of carbonyl (C=O) groups is 1. The lowest BCUT2D eigenvalue weighted by Crippen LogP contribution is -2.44. The van der Waals surface area contributed by atoms with Crippen molar-refractivity contribution in [3.05, 3.63) is 35.9 Å². The summed E-state index contributed by atoms with van der Waals surface area (Å²) < 4.78 is 5.15. The lowest BCUT2D eigenvalue weighted by atomic mass is 9.65. The standard InChI is InChI=1S/C17H26N2O2.ClH/c1-21-15(12-18)10-16(20)19-13-17(8-5-9-17)11-14-6-3-2-4-7-14;/h2-4,6-7,15H,5,8-13,18H2,1H3,(H,19,20);1H. The number of halogens is 1. The third-order valence-electron chi connectivity index (χ3n) is 4.51. The Labute approximate surface area is 139 Å². The van der Waals surface area contributed by atoms with Crippen molar-refractivity contribution in [3.63, 3.8) is 0 Å². The molecule has 0 radical (unpaired) electrons. The number of nitrogens with two attached hydrogens (primary N) is 1. The van der Waals surface area contributed by atoms with Crippen molar-refractivity contribution in [1.29, 1.82) is 0 Å². The molecule has 0 aromatic heterocycles. The Kier molecular flexibility index (Phi) is 7.87. The number of carbonyl (C=O) groups excluding carboxylic acids is 1. The van der Waals surface area contributed by atoms with Crippen LogP contribution in [0.15, 0.2) is 30.3 Å². The molecule has 0 bridgehead atoms. The molecule has 4 nitrogen and oxygen atoms in total. The van der Waals surface area contributed by atoms with Gasteiger partial charge in [0.1, 0.15) is 0 Å². The molecule has 0 heterocycles. The molecule has 1 aliphatic carbocycles. The number of amides is 1. The van der Waals surface area contributed by atoms with Crippen LogP contribution in [-0.2, 0) is 16.0 Å². The molecule has 1 amide bonds. The van der Waals surface area contributed by atoms with Gasteiger partial charge in [0.25, 0.3) is 0 Å². The fraction of sp³-hybridized carbons (Fsp3) is 0.588. The molecular formula is C17H27ClN2O2. The number of hydrogen-bond acceptors (Lipinski definition) is 3.